The molecule has 0 spiro atoms. The Hall–Kier alpha value is -1.06. The van der Waals surface area contributed by atoms with Gasteiger partial charge in [0.2, 0.25) is 6.41 Å². The fourth-order valence-electron chi connectivity index (χ4n) is 1.53. The average Bonchev–Trinajstić information content (AvgIpc) is 2.13. The summed E-state index contributed by atoms with van der Waals surface area (Å²) < 4.78 is 5.54. The minimum Gasteiger partial charge on any atom is -0.462 e. The van der Waals surface area contributed by atoms with Gasteiger partial charge in [-0.1, -0.05) is 41.5 Å². The van der Waals surface area contributed by atoms with Crippen LogP contribution in [0.2, 0.25) is 0 Å². The van der Waals surface area contributed by atoms with E-state index in [-0.39, 0.29) is 29.3 Å². The molecular weight excluding hydrogens is 230 g/mol. The smallest absolute Gasteiger partial charge is 0.307 e. The van der Waals surface area contributed by atoms with Gasteiger partial charge in [-0.2, -0.15) is 0 Å². The van der Waals surface area contributed by atoms with Crippen molar-refractivity contribution >= 4 is 12.4 Å². The maximum atomic E-state index is 11.7. The molecular formula is C14H27NO3. The van der Waals surface area contributed by atoms with Crippen molar-refractivity contribution in [2.45, 2.75) is 60.5 Å². The van der Waals surface area contributed by atoms with E-state index in [0.29, 0.717) is 13.0 Å². The molecule has 0 aliphatic heterocycles. The molecule has 0 rings (SSSR count). The van der Waals surface area contributed by atoms with E-state index in [1.165, 1.54) is 0 Å². The van der Waals surface area contributed by atoms with Gasteiger partial charge in [0.05, 0.1) is 6.42 Å². The summed E-state index contributed by atoms with van der Waals surface area (Å²) in [7, 11) is 0. The lowest BCUT2D eigenvalue weighted by Crippen LogP contribution is -2.35. The third-order valence-corrected chi connectivity index (χ3v) is 2.59. The van der Waals surface area contributed by atoms with Crippen LogP contribution in [0.15, 0.2) is 0 Å². The van der Waals surface area contributed by atoms with Crippen molar-refractivity contribution in [3.8, 4) is 0 Å². The summed E-state index contributed by atoms with van der Waals surface area (Å²) in [5.41, 5.74) is 0.0281. The molecule has 106 valence electrons. The fourth-order valence-corrected chi connectivity index (χ4v) is 1.53. The third kappa shape index (κ3) is 8.09. The van der Waals surface area contributed by atoms with Crippen LogP contribution in [0.3, 0.4) is 0 Å². The van der Waals surface area contributed by atoms with E-state index in [0.717, 1.165) is 6.42 Å². The van der Waals surface area contributed by atoms with Gasteiger partial charge < -0.3 is 10.1 Å². The largest absolute Gasteiger partial charge is 0.462 e. The van der Waals surface area contributed by atoms with Crippen molar-refractivity contribution in [2.24, 2.45) is 10.8 Å². The van der Waals surface area contributed by atoms with Crippen LogP contribution in [0.5, 0.6) is 0 Å². The quantitative estimate of drug-likeness (QED) is 0.452. The molecule has 0 radical (unpaired) electrons. The van der Waals surface area contributed by atoms with Gasteiger partial charge in [0, 0.05) is 6.54 Å². The van der Waals surface area contributed by atoms with Gasteiger partial charge in [-0.3, -0.25) is 9.59 Å². The Morgan fingerprint density at radius 2 is 1.78 bits per heavy atom. The topological polar surface area (TPSA) is 55.4 Å². The first kappa shape index (κ1) is 16.9. The zero-order valence-corrected chi connectivity index (χ0v) is 12.5. The third-order valence-electron chi connectivity index (χ3n) is 2.59. The molecule has 0 saturated carbocycles. The number of carbonyl (C=O) groups is 2. The van der Waals surface area contributed by atoms with Gasteiger partial charge in [-0.05, 0) is 17.3 Å². The maximum Gasteiger partial charge on any atom is 0.307 e. The lowest BCUT2D eigenvalue weighted by molar-refractivity contribution is -0.156. The van der Waals surface area contributed by atoms with E-state index < -0.39 is 0 Å². The molecule has 0 aromatic heterocycles. The highest BCUT2D eigenvalue weighted by Crippen LogP contribution is 2.32. The number of carbonyl (C=O) groups excluding carboxylic acids is 2. The van der Waals surface area contributed by atoms with Crippen molar-refractivity contribution in [3.05, 3.63) is 0 Å². The van der Waals surface area contributed by atoms with Gasteiger partial charge in [0.25, 0.3) is 0 Å². The molecule has 0 heterocycles. The van der Waals surface area contributed by atoms with Crippen LogP contribution in [0.25, 0.3) is 0 Å². The number of nitrogens with one attached hydrogen (secondary N) is 1. The van der Waals surface area contributed by atoms with E-state index in [2.05, 4.69) is 46.9 Å². The number of esters is 1. The average molecular weight is 257 g/mol. The summed E-state index contributed by atoms with van der Waals surface area (Å²) in [4.78, 5) is 21.8. The molecule has 0 saturated heterocycles. The first-order valence-electron chi connectivity index (χ1n) is 6.43. The summed E-state index contributed by atoms with van der Waals surface area (Å²) in [6.45, 7) is 12.9. The van der Waals surface area contributed by atoms with E-state index >= 15 is 0 Å². The Balaban J connectivity index is 4.42. The summed E-state index contributed by atoms with van der Waals surface area (Å²) in [5, 5.41) is 2.46. The van der Waals surface area contributed by atoms with Gasteiger partial charge in [0.1, 0.15) is 6.10 Å². The summed E-state index contributed by atoms with van der Waals surface area (Å²) in [6.07, 6.45) is 1.52. The molecule has 1 amide bonds. The van der Waals surface area contributed by atoms with Crippen LogP contribution in [-0.4, -0.2) is 25.0 Å². The number of amides is 1. The minimum atomic E-state index is -0.256. The molecule has 0 aromatic rings. The summed E-state index contributed by atoms with van der Waals surface area (Å²) >= 11 is 0. The van der Waals surface area contributed by atoms with Crippen LogP contribution in [0, 0.1) is 10.8 Å². The van der Waals surface area contributed by atoms with Crippen LogP contribution >= 0.6 is 0 Å². The highest BCUT2D eigenvalue weighted by atomic mass is 16.5. The van der Waals surface area contributed by atoms with Crippen molar-refractivity contribution in [2.75, 3.05) is 6.54 Å². The second-order valence-corrected chi connectivity index (χ2v) is 6.93. The Morgan fingerprint density at radius 3 is 2.17 bits per heavy atom. The molecule has 1 unspecified atom stereocenters. The predicted molar refractivity (Wildman–Crippen MR) is 72.1 cm³/mol. The maximum absolute atomic E-state index is 11.7. The Morgan fingerprint density at radius 1 is 1.22 bits per heavy atom. The molecule has 0 aromatic carbocycles. The first-order chi connectivity index (χ1) is 8.06. The molecule has 0 fully saturated rings. The standard InChI is InChI=1S/C14H27NO3/c1-13(2,3)9-11(14(4,5)6)18-12(17)7-8-15-10-16/h10-11H,7-9H2,1-6H3,(H,15,16). The van der Waals surface area contributed by atoms with E-state index in [1.54, 1.807) is 0 Å². The monoisotopic (exact) mass is 257 g/mol. The fraction of sp³-hybridized carbons (Fsp3) is 0.857. The highest BCUT2D eigenvalue weighted by Gasteiger charge is 2.31. The Bertz CT molecular complexity index is 274. The van der Waals surface area contributed by atoms with Crippen molar-refractivity contribution in [3.63, 3.8) is 0 Å². The number of hydrogen-bond donors (Lipinski definition) is 1. The van der Waals surface area contributed by atoms with E-state index in [9.17, 15) is 9.59 Å². The van der Waals surface area contributed by atoms with E-state index in [1.807, 2.05) is 0 Å². The molecule has 1 atom stereocenters. The normalized spacial score (nSPS) is 13.9. The number of ether oxygens (including phenoxy) is 1. The van der Waals surface area contributed by atoms with Gasteiger partial charge in [-0.25, -0.2) is 0 Å². The molecule has 1 N–H and O–H groups in total. The van der Waals surface area contributed by atoms with Crippen LogP contribution in [0.1, 0.15) is 54.4 Å². The molecule has 4 heteroatoms. The first-order valence-corrected chi connectivity index (χ1v) is 6.43. The highest BCUT2D eigenvalue weighted by molar-refractivity contribution is 5.70. The Kier molecular flexibility index (Phi) is 6.36. The minimum absolute atomic E-state index is 0.0823. The van der Waals surface area contributed by atoms with Gasteiger partial charge >= 0.3 is 5.97 Å². The second kappa shape index (κ2) is 6.76. The molecule has 0 bridgehead atoms. The van der Waals surface area contributed by atoms with Gasteiger partial charge in [0.15, 0.2) is 0 Å². The molecule has 18 heavy (non-hydrogen) atoms. The van der Waals surface area contributed by atoms with E-state index in [4.69, 9.17) is 4.74 Å². The van der Waals surface area contributed by atoms with Crippen LogP contribution in [0.4, 0.5) is 0 Å². The summed E-state index contributed by atoms with van der Waals surface area (Å²) in [5.74, 6) is -0.256. The second-order valence-electron chi connectivity index (χ2n) is 6.93. The van der Waals surface area contributed by atoms with Crippen molar-refractivity contribution in [1.29, 1.82) is 0 Å². The summed E-state index contributed by atoms with van der Waals surface area (Å²) in [6, 6.07) is 0. The SMILES string of the molecule is CC(C)(C)CC(OC(=O)CCNC=O)C(C)(C)C. The lowest BCUT2D eigenvalue weighted by atomic mass is 9.78. The number of rotatable bonds is 6. The Labute approximate surface area is 110 Å². The lowest BCUT2D eigenvalue weighted by Gasteiger charge is -2.35. The van der Waals surface area contributed by atoms with Crippen LogP contribution < -0.4 is 5.32 Å². The van der Waals surface area contributed by atoms with Gasteiger partial charge in [-0.15, -0.1) is 0 Å². The molecule has 0 aliphatic carbocycles. The molecule has 0 aliphatic rings. The zero-order chi connectivity index (χ0) is 14.4. The predicted octanol–water partition coefficient (Wildman–Crippen LogP) is 2.52. The zero-order valence-electron chi connectivity index (χ0n) is 12.5. The van der Waals surface area contributed by atoms with Crippen LogP contribution in [-0.2, 0) is 14.3 Å². The van der Waals surface area contributed by atoms with Crippen molar-refractivity contribution < 1.29 is 14.3 Å². The van der Waals surface area contributed by atoms with Crippen molar-refractivity contribution in [1.82, 2.24) is 5.32 Å². The molecule has 4 nitrogen and oxygen atoms in total. The number of hydrogen-bond acceptors (Lipinski definition) is 3.